The Morgan fingerprint density at radius 3 is 2.76 bits per heavy atom. The van der Waals surface area contributed by atoms with Gasteiger partial charge in [-0.1, -0.05) is 6.92 Å². The van der Waals surface area contributed by atoms with E-state index < -0.39 is 0 Å². The Bertz CT molecular complexity index is 282. The molecule has 0 aliphatic carbocycles. The number of rotatable bonds is 3. The minimum absolute atomic E-state index is 0.295. The number of carbonyl (C=O) groups excluding carboxylic acids is 1. The van der Waals surface area contributed by atoms with Crippen LogP contribution in [0.15, 0.2) is 0 Å². The van der Waals surface area contributed by atoms with Gasteiger partial charge in [0.1, 0.15) is 0 Å². The first-order valence-electron chi connectivity index (χ1n) is 6.81. The van der Waals surface area contributed by atoms with E-state index in [1.807, 2.05) is 6.92 Å². The number of likely N-dealkylation sites (N-methyl/N-ethyl adjacent to an activating group) is 1. The molecule has 2 fully saturated rings. The Hall–Kier alpha value is -0.610. The lowest BCUT2D eigenvalue weighted by atomic mass is 10.1. The Kier molecular flexibility index (Phi) is 4.05. The zero-order valence-corrected chi connectivity index (χ0v) is 11.1. The summed E-state index contributed by atoms with van der Waals surface area (Å²) in [6.07, 6.45) is 4.30. The molecule has 0 saturated carbocycles. The maximum Gasteiger partial charge on any atom is 0.222 e. The number of amides is 1. The molecular formula is C13H25N3O. The van der Waals surface area contributed by atoms with Crippen molar-refractivity contribution in [2.45, 2.75) is 44.7 Å². The topological polar surface area (TPSA) is 49.6 Å². The van der Waals surface area contributed by atoms with Gasteiger partial charge in [-0.05, 0) is 38.8 Å². The van der Waals surface area contributed by atoms with E-state index in [2.05, 4.69) is 16.8 Å². The molecule has 0 radical (unpaired) electrons. The van der Waals surface area contributed by atoms with Gasteiger partial charge >= 0.3 is 0 Å². The van der Waals surface area contributed by atoms with Gasteiger partial charge in [0.05, 0.1) is 0 Å². The van der Waals surface area contributed by atoms with Gasteiger partial charge < -0.3 is 10.6 Å². The monoisotopic (exact) mass is 239 g/mol. The first-order valence-corrected chi connectivity index (χ1v) is 6.81. The fourth-order valence-electron chi connectivity index (χ4n) is 3.05. The summed E-state index contributed by atoms with van der Waals surface area (Å²) < 4.78 is 0. The van der Waals surface area contributed by atoms with Gasteiger partial charge in [0, 0.05) is 31.6 Å². The van der Waals surface area contributed by atoms with Crippen LogP contribution < -0.4 is 5.73 Å². The molecule has 1 amide bonds. The van der Waals surface area contributed by atoms with Crippen LogP contribution in [0.25, 0.3) is 0 Å². The van der Waals surface area contributed by atoms with Crippen molar-refractivity contribution in [1.29, 1.82) is 0 Å². The molecule has 17 heavy (non-hydrogen) atoms. The second-order valence-corrected chi connectivity index (χ2v) is 5.72. The lowest BCUT2D eigenvalue weighted by Crippen LogP contribution is -2.40. The normalized spacial score (nSPS) is 31.4. The summed E-state index contributed by atoms with van der Waals surface area (Å²) in [5.74, 6) is 0.601. The molecule has 2 aliphatic heterocycles. The van der Waals surface area contributed by atoms with E-state index in [4.69, 9.17) is 5.73 Å². The lowest BCUT2D eigenvalue weighted by Gasteiger charge is -2.26. The SMILES string of the molecule is CC(CN)CC(=O)N1CCC2CCC(C1)N2C. The standard InChI is InChI=1S/C13H25N3O/c1-10(8-14)7-13(17)16-6-5-11-3-4-12(9-16)15(11)2/h10-12H,3-9,14H2,1-2H3. The number of hydrogen-bond acceptors (Lipinski definition) is 3. The summed E-state index contributed by atoms with van der Waals surface area (Å²) in [5, 5.41) is 0. The predicted octanol–water partition coefficient (Wildman–Crippen LogP) is 0.666. The molecule has 0 aromatic rings. The van der Waals surface area contributed by atoms with Gasteiger partial charge in [0.15, 0.2) is 0 Å². The predicted molar refractivity (Wildman–Crippen MR) is 68.6 cm³/mol. The number of likely N-dealkylation sites (tertiary alicyclic amines) is 1. The van der Waals surface area contributed by atoms with Crippen LogP contribution in [0.2, 0.25) is 0 Å². The molecule has 0 spiro atoms. The Balaban J connectivity index is 1.92. The van der Waals surface area contributed by atoms with Crippen LogP contribution in [-0.2, 0) is 4.79 Å². The van der Waals surface area contributed by atoms with Crippen molar-refractivity contribution in [1.82, 2.24) is 9.80 Å². The first kappa shape index (κ1) is 12.8. The third-order valence-electron chi connectivity index (χ3n) is 4.43. The summed E-state index contributed by atoms with van der Waals surface area (Å²) in [6.45, 7) is 4.50. The zero-order chi connectivity index (χ0) is 12.4. The maximum absolute atomic E-state index is 12.2. The summed E-state index contributed by atoms with van der Waals surface area (Å²) >= 11 is 0. The highest BCUT2D eigenvalue weighted by molar-refractivity contribution is 5.76. The molecule has 0 aromatic carbocycles. The van der Waals surface area contributed by atoms with E-state index >= 15 is 0 Å². The fourth-order valence-corrected chi connectivity index (χ4v) is 3.05. The molecule has 4 heteroatoms. The van der Waals surface area contributed by atoms with E-state index in [0.29, 0.717) is 36.9 Å². The van der Waals surface area contributed by atoms with Crippen molar-refractivity contribution in [2.75, 3.05) is 26.7 Å². The van der Waals surface area contributed by atoms with E-state index in [1.165, 1.54) is 12.8 Å². The average molecular weight is 239 g/mol. The van der Waals surface area contributed by atoms with E-state index in [0.717, 1.165) is 19.5 Å². The maximum atomic E-state index is 12.2. The summed E-state index contributed by atoms with van der Waals surface area (Å²) in [6, 6.07) is 1.28. The Morgan fingerprint density at radius 1 is 1.35 bits per heavy atom. The highest BCUT2D eigenvalue weighted by atomic mass is 16.2. The van der Waals surface area contributed by atoms with E-state index in [-0.39, 0.29) is 0 Å². The number of hydrogen-bond donors (Lipinski definition) is 1. The number of nitrogens with zero attached hydrogens (tertiary/aromatic N) is 2. The van der Waals surface area contributed by atoms with Crippen LogP contribution in [0, 0.1) is 5.92 Å². The fraction of sp³-hybridized carbons (Fsp3) is 0.923. The summed E-state index contributed by atoms with van der Waals surface area (Å²) in [5.41, 5.74) is 5.58. The molecule has 3 atom stereocenters. The third-order valence-corrected chi connectivity index (χ3v) is 4.43. The lowest BCUT2D eigenvalue weighted by molar-refractivity contribution is -0.132. The Morgan fingerprint density at radius 2 is 2.06 bits per heavy atom. The van der Waals surface area contributed by atoms with Gasteiger partial charge in [0.2, 0.25) is 5.91 Å². The van der Waals surface area contributed by atoms with Crippen molar-refractivity contribution in [2.24, 2.45) is 11.7 Å². The molecule has 2 heterocycles. The molecule has 3 unspecified atom stereocenters. The van der Waals surface area contributed by atoms with Gasteiger partial charge in [0.25, 0.3) is 0 Å². The van der Waals surface area contributed by atoms with Crippen molar-refractivity contribution in [3.63, 3.8) is 0 Å². The van der Waals surface area contributed by atoms with Crippen LogP contribution >= 0.6 is 0 Å². The van der Waals surface area contributed by atoms with Crippen LogP contribution in [0.4, 0.5) is 0 Å². The van der Waals surface area contributed by atoms with Gasteiger partial charge in [-0.3, -0.25) is 9.69 Å². The average Bonchev–Trinajstić information content (AvgIpc) is 2.52. The molecular weight excluding hydrogens is 214 g/mol. The van der Waals surface area contributed by atoms with Crippen molar-refractivity contribution in [3.8, 4) is 0 Å². The molecule has 0 aromatic heterocycles. The van der Waals surface area contributed by atoms with E-state index in [9.17, 15) is 4.79 Å². The molecule has 2 bridgehead atoms. The Labute approximate surface area is 104 Å². The third kappa shape index (κ3) is 2.80. The smallest absolute Gasteiger partial charge is 0.222 e. The second kappa shape index (κ2) is 5.36. The molecule has 98 valence electrons. The quantitative estimate of drug-likeness (QED) is 0.787. The van der Waals surface area contributed by atoms with Crippen molar-refractivity contribution >= 4 is 5.91 Å². The highest BCUT2D eigenvalue weighted by Gasteiger charge is 2.35. The number of carbonyl (C=O) groups is 1. The largest absolute Gasteiger partial charge is 0.341 e. The molecule has 2 N–H and O–H groups in total. The van der Waals surface area contributed by atoms with Gasteiger partial charge in [-0.25, -0.2) is 0 Å². The van der Waals surface area contributed by atoms with Gasteiger partial charge in [-0.2, -0.15) is 0 Å². The second-order valence-electron chi connectivity index (χ2n) is 5.72. The minimum Gasteiger partial charge on any atom is -0.341 e. The highest BCUT2D eigenvalue weighted by Crippen LogP contribution is 2.28. The van der Waals surface area contributed by atoms with Crippen molar-refractivity contribution < 1.29 is 4.79 Å². The van der Waals surface area contributed by atoms with E-state index in [1.54, 1.807) is 0 Å². The molecule has 2 aliphatic rings. The first-order chi connectivity index (χ1) is 8.11. The molecule has 2 saturated heterocycles. The summed E-state index contributed by atoms with van der Waals surface area (Å²) in [4.78, 5) is 16.7. The van der Waals surface area contributed by atoms with Crippen LogP contribution in [-0.4, -0.2) is 54.5 Å². The van der Waals surface area contributed by atoms with Crippen molar-refractivity contribution in [3.05, 3.63) is 0 Å². The minimum atomic E-state index is 0.295. The molecule has 4 nitrogen and oxygen atoms in total. The number of nitrogens with two attached hydrogens (primary N) is 1. The molecule has 2 rings (SSSR count). The number of fused-ring (bicyclic) bond motifs is 2. The van der Waals surface area contributed by atoms with Gasteiger partial charge in [-0.15, -0.1) is 0 Å². The summed E-state index contributed by atoms with van der Waals surface area (Å²) in [7, 11) is 2.21. The van der Waals surface area contributed by atoms with Crippen LogP contribution in [0.5, 0.6) is 0 Å². The van der Waals surface area contributed by atoms with Crippen LogP contribution in [0.1, 0.15) is 32.6 Å². The zero-order valence-electron chi connectivity index (χ0n) is 11.1. The van der Waals surface area contributed by atoms with Crippen LogP contribution in [0.3, 0.4) is 0 Å².